The molecule has 4 heterocycles. The summed E-state index contributed by atoms with van der Waals surface area (Å²) in [5.74, 6) is 2.85. The summed E-state index contributed by atoms with van der Waals surface area (Å²) >= 11 is 3.51. The van der Waals surface area contributed by atoms with Crippen molar-refractivity contribution in [2.75, 3.05) is 18.6 Å². The molecule has 0 saturated heterocycles. The average Bonchev–Trinajstić information content (AvgIpc) is 3.69. The van der Waals surface area contributed by atoms with Crippen LogP contribution in [-0.2, 0) is 0 Å². The van der Waals surface area contributed by atoms with Gasteiger partial charge in [0, 0.05) is 80.5 Å². The lowest BCUT2D eigenvalue weighted by Crippen LogP contribution is -2.21. The highest BCUT2D eigenvalue weighted by molar-refractivity contribution is 7.26. The van der Waals surface area contributed by atoms with E-state index in [1.54, 1.807) is 28.9 Å². The second kappa shape index (κ2) is 9.26. The number of pyridine rings is 1. The third-order valence-corrected chi connectivity index (χ3v) is 9.54. The number of hydrogen-bond acceptors (Lipinski definition) is 7. The highest BCUT2D eigenvalue weighted by Crippen LogP contribution is 2.48. The predicted octanol–water partition coefficient (Wildman–Crippen LogP) is 9.58. The fourth-order valence-corrected chi connectivity index (χ4v) is 7.54. The molecule has 40 heavy (non-hydrogen) atoms. The van der Waals surface area contributed by atoms with E-state index in [0.717, 1.165) is 38.6 Å². The lowest BCUT2D eigenvalue weighted by atomic mass is 10.1. The summed E-state index contributed by atoms with van der Waals surface area (Å²) in [6.45, 7) is 0.793. The molecule has 1 aliphatic heterocycles. The summed E-state index contributed by atoms with van der Waals surface area (Å²) in [5, 5.41) is 4.73. The van der Waals surface area contributed by atoms with Gasteiger partial charge >= 0.3 is 0 Å². The predicted molar refractivity (Wildman–Crippen MR) is 167 cm³/mol. The molecular formula is C33H23N3O2S2. The number of anilines is 1. The molecule has 4 aromatic carbocycles. The first kappa shape index (κ1) is 23.3. The van der Waals surface area contributed by atoms with E-state index >= 15 is 0 Å². The van der Waals surface area contributed by atoms with E-state index < -0.39 is 0 Å². The SMILES string of the molecule is CN1C=CN(c2cc(Oc3cc(Oc4ccccn4)cc4c3sc3ccccc34)c3sc4ccccc4c3c2)C1. The van der Waals surface area contributed by atoms with E-state index in [2.05, 4.69) is 101 Å². The van der Waals surface area contributed by atoms with E-state index in [9.17, 15) is 0 Å². The van der Waals surface area contributed by atoms with Gasteiger partial charge in [0.1, 0.15) is 17.2 Å². The van der Waals surface area contributed by atoms with Gasteiger partial charge < -0.3 is 19.3 Å². The largest absolute Gasteiger partial charge is 0.454 e. The van der Waals surface area contributed by atoms with Crippen LogP contribution in [0.5, 0.6) is 23.1 Å². The molecule has 8 rings (SSSR count). The molecule has 0 atom stereocenters. The second-order valence-corrected chi connectivity index (χ2v) is 12.0. The van der Waals surface area contributed by atoms with Crippen LogP contribution in [0.1, 0.15) is 0 Å². The van der Waals surface area contributed by atoms with E-state index in [1.807, 2.05) is 24.3 Å². The Morgan fingerprint density at radius 2 is 1.35 bits per heavy atom. The zero-order valence-corrected chi connectivity index (χ0v) is 23.2. The van der Waals surface area contributed by atoms with Gasteiger partial charge in [-0.15, -0.1) is 22.7 Å². The number of hydrogen-bond donors (Lipinski definition) is 0. The fraction of sp³-hybridized carbons (Fsp3) is 0.0606. The topological polar surface area (TPSA) is 37.8 Å². The third-order valence-electron chi connectivity index (χ3n) is 7.13. The average molecular weight is 558 g/mol. The van der Waals surface area contributed by atoms with Crippen molar-refractivity contribution in [1.82, 2.24) is 9.88 Å². The molecule has 0 bridgehead atoms. The van der Waals surface area contributed by atoms with E-state index in [0.29, 0.717) is 11.6 Å². The normalized spacial score (nSPS) is 13.3. The van der Waals surface area contributed by atoms with Gasteiger partial charge in [-0.25, -0.2) is 4.98 Å². The molecule has 5 nitrogen and oxygen atoms in total. The Labute approximate surface area is 238 Å². The van der Waals surface area contributed by atoms with Crippen LogP contribution in [0.2, 0.25) is 0 Å². The standard InChI is InChI=1S/C33H23N3O2S2/c1-35-14-15-36(20-35)21-16-25-23-8-2-4-10-29(23)39-32(25)27(17-21)38-28-19-22(37-31-12-6-7-13-34-31)18-26-24-9-3-5-11-30(24)40-33(26)28/h2-19H,20H2,1H3. The van der Waals surface area contributed by atoms with Gasteiger partial charge in [0.25, 0.3) is 0 Å². The van der Waals surface area contributed by atoms with Crippen LogP contribution in [-0.4, -0.2) is 23.6 Å². The van der Waals surface area contributed by atoms with Crippen molar-refractivity contribution in [3.63, 3.8) is 0 Å². The number of fused-ring (bicyclic) bond motifs is 6. The lowest BCUT2D eigenvalue weighted by molar-refractivity contribution is 0.453. The number of rotatable bonds is 5. The Morgan fingerprint density at radius 3 is 2.02 bits per heavy atom. The first-order chi connectivity index (χ1) is 19.7. The summed E-state index contributed by atoms with van der Waals surface area (Å²) < 4.78 is 17.8. The van der Waals surface area contributed by atoms with Crippen LogP contribution in [0.3, 0.4) is 0 Å². The van der Waals surface area contributed by atoms with Crippen LogP contribution < -0.4 is 14.4 Å². The van der Waals surface area contributed by atoms with Gasteiger partial charge in [-0.1, -0.05) is 42.5 Å². The van der Waals surface area contributed by atoms with Gasteiger partial charge in [0.05, 0.1) is 16.1 Å². The minimum Gasteiger partial charge on any atom is -0.454 e. The maximum Gasteiger partial charge on any atom is 0.219 e. The number of benzene rings is 4. The molecule has 0 spiro atoms. The quantitative estimate of drug-likeness (QED) is 0.211. The van der Waals surface area contributed by atoms with Crippen molar-refractivity contribution >= 4 is 68.7 Å². The molecule has 194 valence electrons. The van der Waals surface area contributed by atoms with Crippen molar-refractivity contribution < 1.29 is 9.47 Å². The van der Waals surface area contributed by atoms with Crippen molar-refractivity contribution in [3.05, 3.63) is 110 Å². The van der Waals surface area contributed by atoms with E-state index in [1.165, 1.54) is 25.6 Å². The Morgan fingerprint density at radius 1 is 0.675 bits per heavy atom. The molecule has 0 saturated carbocycles. The van der Waals surface area contributed by atoms with Crippen LogP contribution in [0, 0.1) is 0 Å². The zero-order valence-electron chi connectivity index (χ0n) is 21.6. The molecule has 7 aromatic rings. The van der Waals surface area contributed by atoms with Gasteiger partial charge in [-0.05, 0) is 30.3 Å². The first-order valence-electron chi connectivity index (χ1n) is 13.0. The van der Waals surface area contributed by atoms with Gasteiger partial charge in [0.2, 0.25) is 5.88 Å². The van der Waals surface area contributed by atoms with E-state index in [4.69, 9.17) is 9.47 Å². The van der Waals surface area contributed by atoms with Crippen LogP contribution in [0.4, 0.5) is 5.69 Å². The van der Waals surface area contributed by atoms with Crippen molar-refractivity contribution in [2.45, 2.75) is 0 Å². The maximum atomic E-state index is 6.93. The van der Waals surface area contributed by atoms with Crippen molar-refractivity contribution in [1.29, 1.82) is 0 Å². The molecule has 0 radical (unpaired) electrons. The molecule has 0 amide bonds. The smallest absolute Gasteiger partial charge is 0.219 e. The molecule has 0 unspecified atom stereocenters. The van der Waals surface area contributed by atoms with Crippen LogP contribution in [0.15, 0.2) is 110 Å². The second-order valence-electron chi connectivity index (χ2n) is 9.85. The van der Waals surface area contributed by atoms with Gasteiger partial charge in [-0.2, -0.15) is 0 Å². The van der Waals surface area contributed by atoms with E-state index in [-0.39, 0.29) is 0 Å². The molecule has 0 N–H and O–H groups in total. The first-order valence-corrected chi connectivity index (χ1v) is 14.7. The summed E-state index contributed by atoms with van der Waals surface area (Å²) in [6.07, 6.45) is 5.94. The Balaban J connectivity index is 1.33. The fourth-order valence-electron chi connectivity index (χ4n) is 5.27. The minimum atomic E-state index is 0.547. The summed E-state index contributed by atoms with van der Waals surface area (Å²) in [5.41, 5.74) is 1.10. The van der Waals surface area contributed by atoms with Gasteiger partial charge in [-0.3, -0.25) is 0 Å². The summed E-state index contributed by atoms with van der Waals surface area (Å²) in [6, 6.07) is 31.2. The molecule has 7 heteroatoms. The molecular weight excluding hydrogens is 535 g/mol. The molecule has 0 aliphatic carbocycles. The third kappa shape index (κ3) is 3.94. The molecule has 1 aliphatic rings. The lowest BCUT2D eigenvalue weighted by Gasteiger charge is -2.20. The van der Waals surface area contributed by atoms with Crippen LogP contribution >= 0.6 is 22.7 Å². The van der Waals surface area contributed by atoms with Gasteiger partial charge in [0.15, 0.2) is 0 Å². The summed E-state index contributed by atoms with van der Waals surface area (Å²) in [7, 11) is 2.08. The number of ether oxygens (including phenoxy) is 2. The number of nitrogens with zero attached hydrogens (tertiary/aromatic N) is 3. The summed E-state index contributed by atoms with van der Waals surface area (Å²) in [4.78, 5) is 8.78. The van der Waals surface area contributed by atoms with Crippen molar-refractivity contribution in [2.24, 2.45) is 0 Å². The Hall–Kier alpha value is -4.59. The molecule has 0 fully saturated rings. The monoisotopic (exact) mass is 557 g/mol. The highest BCUT2D eigenvalue weighted by Gasteiger charge is 2.20. The number of aromatic nitrogens is 1. The maximum absolute atomic E-state index is 6.93. The van der Waals surface area contributed by atoms with Crippen molar-refractivity contribution in [3.8, 4) is 23.1 Å². The molecule has 3 aromatic heterocycles. The Bertz CT molecular complexity index is 2080. The number of thiophene rings is 2. The minimum absolute atomic E-state index is 0.547. The zero-order chi connectivity index (χ0) is 26.6. The highest BCUT2D eigenvalue weighted by atomic mass is 32.1. The van der Waals surface area contributed by atoms with Crippen LogP contribution in [0.25, 0.3) is 40.3 Å². The Kier molecular flexibility index (Phi) is 5.40.